The van der Waals surface area contributed by atoms with Crippen molar-refractivity contribution in [1.82, 2.24) is 19.9 Å². The van der Waals surface area contributed by atoms with Crippen LogP contribution in [0.25, 0.3) is 5.65 Å². The van der Waals surface area contributed by atoms with Gasteiger partial charge in [0.15, 0.2) is 5.65 Å². The molecule has 0 amide bonds. The van der Waals surface area contributed by atoms with Crippen molar-refractivity contribution in [3.8, 4) is 0 Å². The Balaban J connectivity index is 1.68. The van der Waals surface area contributed by atoms with Gasteiger partial charge in [-0.15, -0.1) is 0 Å². The van der Waals surface area contributed by atoms with Crippen LogP contribution in [0.4, 0.5) is 11.6 Å². The van der Waals surface area contributed by atoms with Crippen LogP contribution in [-0.4, -0.2) is 34.2 Å². The minimum Gasteiger partial charge on any atom is -0.383 e. The molecule has 4 N–H and O–H groups in total. The standard InChI is InChI=1S/C12H17BrN6/c13-9-7-17-19-10(14)5-11(18-12(9)19)16-4-2-8-1-3-15-6-8/h5,7-8,15H,1-4,6,14H2,(H,16,18)/t8-/m1/s1. The molecule has 1 atom stereocenters. The summed E-state index contributed by atoms with van der Waals surface area (Å²) >= 11 is 3.42. The smallest absolute Gasteiger partial charge is 0.173 e. The Hall–Kier alpha value is -1.34. The lowest BCUT2D eigenvalue weighted by molar-refractivity contribution is 0.549. The van der Waals surface area contributed by atoms with Crippen molar-refractivity contribution in [2.75, 3.05) is 30.7 Å². The third kappa shape index (κ3) is 2.66. The highest BCUT2D eigenvalue weighted by molar-refractivity contribution is 9.10. The van der Waals surface area contributed by atoms with Gasteiger partial charge in [0.1, 0.15) is 11.6 Å². The van der Waals surface area contributed by atoms with E-state index < -0.39 is 0 Å². The molecular formula is C12H17BrN6. The molecule has 3 heterocycles. The number of nitrogen functional groups attached to an aromatic ring is 1. The van der Waals surface area contributed by atoms with E-state index in [1.165, 1.54) is 6.42 Å². The van der Waals surface area contributed by atoms with E-state index in [0.717, 1.165) is 47.9 Å². The Kier molecular flexibility index (Phi) is 3.56. The Morgan fingerprint density at radius 1 is 1.58 bits per heavy atom. The number of anilines is 2. The Morgan fingerprint density at radius 2 is 2.47 bits per heavy atom. The van der Waals surface area contributed by atoms with Crippen LogP contribution < -0.4 is 16.4 Å². The van der Waals surface area contributed by atoms with Crippen molar-refractivity contribution in [2.24, 2.45) is 5.92 Å². The number of rotatable bonds is 4. The first-order valence-electron chi connectivity index (χ1n) is 6.48. The summed E-state index contributed by atoms with van der Waals surface area (Å²) in [6, 6.07) is 1.82. The molecule has 0 bridgehead atoms. The summed E-state index contributed by atoms with van der Waals surface area (Å²) in [5, 5.41) is 10.9. The molecule has 2 aromatic rings. The first-order chi connectivity index (χ1) is 9.24. The van der Waals surface area contributed by atoms with Gasteiger partial charge in [0.2, 0.25) is 0 Å². The quantitative estimate of drug-likeness (QED) is 0.793. The van der Waals surface area contributed by atoms with E-state index in [9.17, 15) is 0 Å². The molecule has 6 nitrogen and oxygen atoms in total. The average Bonchev–Trinajstić information content (AvgIpc) is 3.01. The molecule has 1 saturated heterocycles. The van der Waals surface area contributed by atoms with Gasteiger partial charge >= 0.3 is 0 Å². The zero-order valence-electron chi connectivity index (χ0n) is 10.6. The minimum atomic E-state index is 0.584. The normalized spacial score (nSPS) is 19.1. The topological polar surface area (TPSA) is 80.3 Å². The fourth-order valence-electron chi connectivity index (χ4n) is 2.42. The summed E-state index contributed by atoms with van der Waals surface area (Å²) in [7, 11) is 0. The van der Waals surface area contributed by atoms with Crippen LogP contribution in [0.1, 0.15) is 12.8 Å². The monoisotopic (exact) mass is 324 g/mol. The van der Waals surface area contributed by atoms with Crippen molar-refractivity contribution < 1.29 is 0 Å². The summed E-state index contributed by atoms with van der Waals surface area (Å²) in [6.07, 6.45) is 4.12. The lowest BCUT2D eigenvalue weighted by Gasteiger charge is -2.10. The Morgan fingerprint density at radius 3 is 3.26 bits per heavy atom. The summed E-state index contributed by atoms with van der Waals surface area (Å²) in [4.78, 5) is 4.51. The number of nitrogens with two attached hydrogens (primary N) is 1. The molecule has 0 aliphatic carbocycles. The number of hydrogen-bond donors (Lipinski definition) is 3. The second-order valence-corrected chi connectivity index (χ2v) is 5.72. The fraction of sp³-hybridized carbons (Fsp3) is 0.500. The van der Waals surface area contributed by atoms with Gasteiger partial charge < -0.3 is 16.4 Å². The third-order valence-electron chi connectivity index (χ3n) is 3.48. The zero-order chi connectivity index (χ0) is 13.2. The summed E-state index contributed by atoms with van der Waals surface area (Å²) in [5.74, 6) is 2.16. The highest BCUT2D eigenvalue weighted by atomic mass is 79.9. The Labute approximate surface area is 119 Å². The second-order valence-electron chi connectivity index (χ2n) is 4.87. The second kappa shape index (κ2) is 5.34. The van der Waals surface area contributed by atoms with Gasteiger partial charge in [-0.25, -0.2) is 4.98 Å². The van der Waals surface area contributed by atoms with Crippen molar-refractivity contribution >= 4 is 33.2 Å². The summed E-state index contributed by atoms with van der Waals surface area (Å²) in [5.41, 5.74) is 6.69. The maximum Gasteiger partial charge on any atom is 0.173 e. The van der Waals surface area contributed by atoms with Crippen LogP contribution in [0.5, 0.6) is 0 Å². The maximum absolute atomic E-state index is 5.95. The molecule has 1 aliphatic rings. The van der Waals surface area contributed by atoms with E-state index in [4.69, 9.17) is 5.73 Å². The predicted octanol–water partition coefficient (Wildman–Crippen LogP) is 1.49. The lowest BCUT2D eigenvalue weighted by Crippen LogP contribution is -2.13. The third-order valence-corrected chi connectivity index (χ3v) is 4.04. The van der Waals surface area contributed by atoms with E-state index in [0.29, 0.717) is 5.82 Å². The van der Waals surface area contributed by atoms with Crippen molar-refractivity contribution in [2.45, 2.75) is 12.8 Å². The molecular weight excluding hydrogens is 308 g/mol. The van der Waals surface area contributed by atoms with Gasteiger partial charge in [0, 0.05) is 12.6 Å². The predicted molar refractivity (Wildman–Crippen MR) is 79.2 cm³/mol. The van der Waals surface area contributed by atoms with Gasteiger partial charge in [-0.3, -0.25) is 0 Å². The van der Waals surface area contributed by atoms with Crippen LogP contribution in [0.15, 0.2) is 16.7 Å². The van der Waals surface area contributed by atoms with Crippen LogP contribution in [0.3, 0.4) is 0 Å². The number of halogens is 1. The van der Waals surface area contributed by atoms with Gasteiger partial charge in [0.05, 0.1) is 10.7 Å². The van der Waals surface area contributed by atoms with E-state index in [1.54, 1.807) is 10.7 Å². The van der Waals surface area contributed by atoms with Gasteiger partial charge in [-0.05, 0) is 47.8 Å². The van der Waals surface area contributed by atoms with Gasteiger partial charge in [-0.2, -0.15) is 9.61 Å². The number of aromatic nitrogens is 3. The lowest BCUT2D eigenvalue weighted by atomic mass is 10.1. The number of hydrogen-bond acceptors (Lipinski definition) is 5. The van der Waals surface area contributed by atoms with Crippen LogP contribution >= 0.6 is 15.9 Å². The van der Waals surface area contributed by atoms with E-state index >= 15 is 0 Å². The van der Waals surface area contributed by atoms with Crippen molar-refractivity contribution in [3.63, 3.8) is 0 Å². The summed E-state index contributed by atoms with van der Waals surface area (Å²) in [6.45, 7) is 3.19. The Bertz CT molecular complexity index is 575. The number of nitrogens with one attached hydrogen (secondary N) is 2. The van der Waals surface area contributed by atoms with E-state index in [2.05, 4.69) is 36.6 Å². The average molecular weight is 325 g/mol. The van der Waals surface area contributed by atoms with E-state index in [1.807, 2.05) is 6.07 Å². The largest absolute Gasteiger partial charge is 0.383 e. The minimum absolute atomic E-state index is 0.584. The van der Waals surface area contributed by atoms with Crippen LogP contribution in [-0.2, 0) is 0 Å². The molecule has 0 unspecified atom stereocenters. The molecule has 102 valence electrons. The first kappa shape index (κ1) is 12.7. The van der Waals surface area contributed by atoms with Crippen molar-refractivity contribution in [1.29, 1.82) is 0 Å². The maximum atomic E-state index is 5.95. The van der Waals surface area contributed by atoms with Crippen LogP contribution in [0, 0.1) is 5.92 Å². The first-order valence-corrected chi connectivity index (χ1v) is 7.27. The molecule has 19 heavy (non-hydrogen) atoms. The van der Waals surface area contributed by atoms with Crippen molar-refractivity contribution in [3.05, 3.63) is 16.7 Å². The SMILES string of the molecule is Nc1cc(NCC[C@H]2CCNC2)nc2c(Br)cnn12. The number of fused-ring (bicyclic) bond motifs is 1. The highest BCUT2D eigenvalue weighted by Gasteiger charge is 2.14. The summed E-state index contributed by atoms with van der Waals surface area (Å²) < 4.78 is 2.47. The highest BCUT2D eigenvalue weighted by Crippen LogP contribution is 2.21. The molecule has 7 heteroatoms. The molecule has 0 saturated carbocycles. The molecule has 2 aromatic heterocycles. The molecule has 3 rings (SSSR count). The number of nitrogens with zero attached hydrogens (tertiary/aromatic N) is 3. The van der Waals surface area contributed by atoms with Crippen LogP contribution in [0.2, 0.25) is 0 Å². The molecule has 0 spiro atoms. The molecule has 1 fully saturated rings. The van der Waals surface area contributed by atoms with E-state index in [-0.39, 0.29) is 0 Å². The molecule has 1 aliphatic heterocycles. The van der Waals surface area contributed by atoms with Gasteiger partial charge in [-0.1, -0.05) is 0 Å². The molecule has 0 aromatic carbocycles. The molecule has 0 radical (unpaired) electrons. The fourth-order valence-corrected chi connectivity index (χ4v) is 2.76. The zero-order valence-corrected chi connectivity index (χ0v) is 12.2. The van der Waals surface area contributed by atoms with Gasteiger partial charge in [0.25, 0.3) is 0 Å².